The number of halogens is 2. The van der Waals surface area contributed by atoms with Crippen LogP contribution in [-0.4, -0.2) is 24.2 Å². The zero-order chi connectivity index (χ0) is 12.8. The van der Waals surface area contributed by atoms with E-state index < -0.39 is 17.6 Å². The van der Waals surface area contributed by atoms with Crippen LogP contribution >= 0.6 is 0 Å². The number of carbonyl (C=O) groups is 1. The summed E-state index contributed by atoms with van der Waals surface area (Å²) < 4.78 is 27.0. The van der Waals surface area contributed by atoms with E-state index in [9.17, 15) is 13.6 Å². The molecule has 0 heterocycles. The highest BCUT2D eigenvalue weighted by atomic mass is 19.1. The van der Waals surface area contributed by atoms with Gasteiger partial charge in [0.15, 0.2) is 0 Å². The van der Waals surface area contributed by atoms with Gasteiger partial charge in [-0.2, -0.15) is 0 Å². The summed E-state index contributed by atoms with van der Waals surface area (Å²) in [6.45, 7) is 3.69. The summed E-state index contributed by atoms with van der Waals surface area (Å²) in [5.74, 6) is -2.44. The second-order valence-corrected chi connectivity index (χ2v) is 3.45. The van der Waals surface area contributed by atoms with Crippen molar-refractivity contribution in [2.75, 3.05) is 18.0 Å². The Morgan fingerprint density at radius 2 is 2.00 bits per heavy atom. The molecule has 0 aliphatic heterocycles. The largest absolute Gasteiger partial charge is 0.481 e. The monoisotopic (exact) mass is 241 g/mol. The minimum Gasteiger partial charge on any atom is -0.481 e. The number of carboxylic acids is 1. The minimum atomic E-state index is -1.02. The fraction of sp³-hybridized carbons (Fsp3) is 0.250. The molecular formula is C12H13F2NO2. The molecule has 5 heteroatoms. The predicted octanol–water partition coefficient (Wildman–Crippen LogP) is 2.43. The van der Waals surface area contributed by atoms with Gasteiger partial charge in [0.1, 0.15) is 17.3 Å². The number of benzene rings is 1. The molecule has 17 heavy (non-hydrogen) atoms. The molecule has 0 aliphatic rings. The number of hydrogen-bond acceptors (Lipinski definition) is 2. The quantitative estimate of drug-likeness (QED) is 0.777. The lowest BCUT2D eigenvalue weighted by Crippen LogP contribution is -2.28. The smallest absolute Gasteiger partial charge is 0.305 e. The van der Waals surface area contributed by atoms with Crippen molar-refractivity contribution >= 4 is 11.7 Å². The van der Waals surface area contributed by atoms with E-state index in [0.717, 1.165) is 12.1 Å². The maximum Gasteiger partial charge on any atom is 0.305 e. The lowest BCUT2D eigenvalue weighted by Gasteiger charge is -2.23. The molecule has 0 saturated carbocycles. The van der Waals surface area contributed by atoms with Crippen molar-refractivity contribution in [2.24, 2.45) is 0 Å². The lowest BCUT2D eigenvalue weighted by atomic mass is 10.2. The SMILES string of the molecule is C=CCN(CCC(=O)O)c1c(F)cccc1F. The number of anilines is 1. The molecule has 1 aromatic rings. The molecular weight excluding hydrogens is 228 g/mol. The third-order valence-electron chi connectivity index (χ3n) is 2.20. The summed E-state index contributed by atoms with van der Waals surface area (Å²) >= 11 is 0. The Kier molecular flexibility index (Phi) is 4.63. The molecule has 1 N–H and O–H groups in total. The second-order valence-electron chi connectivity index (χ2n) is 3.45. The number of hydrogen-bond donors (Lipinski definition) is 1. The Morgan fingerprint density at radius 1 is 1.41 bits per heavy atom. The van der Waals surface area contributed by atoms with Crippen molar-refractivity contribution in [1.82, 2.24) is 0 Å². The van der Waals surface area contributed by atoms with Crippen LogP contribution in [0.4, 0.5) is 14.5 Å². The molecule has 0 fully saturated rings. The zero-order valence-electron chi connectivity index (χ0n) is 9.20. The molecule has 0 atom stereocenters. The van der Waals surface area contributed by atoms with E-state index in [4.69, 9.17) is 5.11 Å². The van der Waals surface area contributed by atoms with Crippen LogP contribution in [0, 0.1) is 11.6 Å². The minimum absolute atomic E-state index is 0.0270. The van der Waals surface area contributed by atoms with E-state index in [-0.39, 0.29) is 25.2 Å². The van der Waals surface area contributed by atoms with Crippen LogP contribution in [0.2, 0.25) is 0 Å². The maximum absolute atomic E-state index is 13.5. The molecule has 0 radical (unpaired) electrons. The molecule has 92 valence electrons. The third kappa shape index (κ3) is 3.55. The molecule has 0 spiro atoms. The van der Waals surface area contributed by atoms with Crippen molar-refractivity contribution in [2.45, 2.75) is 6.42 Å². The van der Waals surface area contributed by atoms with Gasteiger partial charge in [-0.3, -0.25) is 4.79 Å². The second kappa shape index (κ2) is 5.98. The van der Waals surface area contributed by atoms with Crippen molar-refractivity contribution < 1.29 is 18.7 Å². The molecule has 0 bridgehead atoms. The Morgan fingerprint density at radius 3 is 2.47 bits per heavy atom. The van der Waals surface area contributed by atoms with Gasteiger partial charge >= 0.3 is 5.97 Å². The topological polar surface area (TPSA) is 40.5 Å². The summed E-state index contributed by atoms with van der Waals surface area (Å²) in [5.41, 5.74) is -0.214. The molecule has 0 aromatic heterocycles. The summed E-state index contributed by atoms with van der Waals surface area (Å²) in [6, 6.07) is 3.53. The number of para-hydroxylation sites is 1. The van der Waals surface area contributed by atoms with Gasteiger partial charge in [0.05, 0.1) is 6.42 Å². The van der Waals surface area contributed by atoms with Gasteiger partial charge < -0.3 is 10.0 Å². The fourth-order valence-corrected chi connectivity index (χ4v) is 1.47. The van der Waals surface area contributed by atoms with Crippen molar-refractivity contribution in [3.63, 3.8) is 0 Å². The van der Waals surface area contributed by atoms with Crippen LogP contribution in [0.3, 0.4) is 0 Å². The first-order valence-electron chi connectivity index (χ1n) is 5.08. The van der Waals surface area contributed by atoms with Crippen molar-refractivity contribution in [1.29, 1.82) is 0 Å². The van der Waals surface area contributed by atoms with Gasteiger partial charge in [0.25, 0.3) is 0 Å². The van der Waals surface area contributed by atoms with Crippen LogP contribution in [0.15, 0.2) is 30.9 Å². The van der Waals surface area contributed by atoms with Gasteiger partial charge in [-0.05, 0) is 12.1 Å². The van der Waals surface area contributed by atoms with Crippen LogP contribution in [0.25, 0.3) is 0 Å². The van der Waals surface area contributed by atoms with E-state index >= 15 is 0 Å². The number of rotatable bonds is 6. The summed E-state index contributed by atoms with van der Waals surface area (Å²) in [5, 5.41) is 8.58. The first-order chi connectivity index (χ1) is 8.06. The van der Waals surface area contributed by atoms with Crippen molar-refractivity contribution in [3.05, 3.63) is 42.5 Å². The lowest BCUT2D eigenvalue weighted by molar-refractivity contribution is -0.136. The summed E-state index contributed by atoms with van der Waals surface area (Å²) in [6.07, 6.45) is 1.27. The molecule has 1 rings (SSSR count). The Labute approximate surface area is 98.0 Å². The van der Waals surface area contributed by atoms with Gasteiger partial charge in [-0.1, -0.05) is 12.1 Å². The van der Waals surface area contributed by atoms with Crippen LogP contribution in [0.1, 0.15) is 6.42 Å². The van der Waals surface area contributed by atoms with Crippen LogP contribution in [-0.2, 0) is 4.79 Å². The van der Waals surface area contributed by atoms with Gasteiger partial charge in [-0.15, -0.1) is 6.58 Å². The third-order valence-corrected chi connectivity index (χ3v) is 2.20. The van der Waals surface area contributed by atoms with E-state index in [1.165, 1.54) is 17.0 Å². The normalized spacial score (nSPS) is 10.0. The highest BCUT2D eigenvalue weighted by molar-refractivity contribution is 5.67. The molecule has 1 aromatic carbocycles. The summed E-state index contributed by atoms with van der Waals surface area (Å²) in [4.78, 5) is 11.8. The van der Waals surface area contributed by atoms with Gasteiger partial charge in [0.2, 0.25) is 0 Å². The van der Waals surface area contributed by atoms with E-state index in [0.29, 0.717) is 0 Å². The number of nitrogens with zero attached hydrogens (tertiary/aromatic N) is 1. The maximum atomic E-state index is 13.5. The highest BCUT2D eigenvalue weighted by Gasteiger charge is 2.16. The van der Waals surface area contributed by atoms with Gasteiger partial charge in [-0.25, -0.2) is 8.78 Å². The Balaban J connectivity index is 2.96. The standard InChI is InChI=1S/C12H13F2NO2/c1-2-7-15(8-6-11(16)17)12-9(13)4-3-5-10(12)14/h2-5H,1,6-8H2,(H,16,17). The van der Waals surface area contributed by atoms with Crippen LogP contribution in [0.5, 0.6) is 0 Å². The number of aliphatic carboxylic acids is 1. The predicted molar refractivity (Wildman–Crippen MR) is 61.0 cm³/mol. The first-order valence-corrected chi connectivity index (χ1v) is 5.08. The average Bonchev–Trinajstić information content (AvgIpc) is 2.25. The number of carboxylic acid groups (broad SMARTS) is 1. The average molecular weight is 241 g/mol. The molecule has 0 saturated heterocycles. The highest BCUT2D eigenvalue weighted by Crippen LogP contribution is 2.23. The summed E-state index contributed by atoms with van der Waals surface area (Å²) in [7, 11) is 0. The first kappa shape index (κ1) is 13.2. The van der Waals surface area contributed by atoms with Crippen LogP contribution < -0.4 is 4.90 Å². The van der Waals surface area contributed by atoms with Crippen molar-refractivity contribution in [3.8, 4) is 0 Å². The molecule has 0 aliphatic carbocycles. The fourth-order valence-electron chi connectivity index (χ4n) is 1.47. The molecule has 0 unspecified atom stereocenters. The Hall–Kier alpha value is -1.91. The van der Waals surface area contributed by atoms with E-state index in [2.05, 4.69) is 6.58 Å². The van der Waals surface area contributed by atoms with E-state index in [1.54, 1.807) is 0 Å². The molecule has 3 nitrogen and oxygen atoms in total. The van der Waals surface area contributed by atoms with Gasteiger partial charge in [0, 0.05) is 13.1 Å². The zero-order valence-corrected chi connectivity index (χ0v) is 9.20. The van der Waals surface area contributed by atoms with E-state index in [1.807, 2.05) is 0 Å². The Bertz CT molecular complexity index is 401. The molecule has 0 amide bonds.